The Morgan fingerprint density at radius 1 is 0.593 bits per heavy atom. The number of ether oxygens (including phenoxy) is 2. The Morgan fingerprint density at radius 2 is 1.04 bits per heavy atom. The molecule has 0 aliphatic heterocycles. The summed E-state index contributed by atoms with van der Waals surface area (Å²) in [5.74, 6) is 1.16. The van der Waals surface area contributed by atoms with Crippen LogP contribution in [-0.2, 0) is 44.7 Å². The number of halogens is 10. The van der Waals surface area contributed by atoms with E-state index >= 15 is 0 Å². The first-order chi connectivity index (χ1) is 45.7. The molecule has 0 N–H and O–H groups in total. The van der Waals surface area contributed by atoms with Gasteiger partial charge in [0.15, 0.2) is 11.4 Å². The van der Waals surface area contributed by atoms with Gasteiger partial charge in [0.05, 0.1) is 31.2 Å². The summed E-state index contributed by atoms with van der Waals surface area (Å²) in [6.45, 7) is 3.71. The number of nitrogens with zero attached hydrogens (tertiary/aromatic N) is 4. The number of carbonyl (C=O) groups excluding carboxylic acids is 4. The summed E-state index contributed by atoms with van der Waals surface area (Å²) in [4.78, 5) is 40.2. The highest BCUT2D eigenvalue weighted by molar-refractivity contribution is 6.39. The fourth-order valence-electron chi connectivity index (χ4n) is 9.11. The van der Waals surface area contributed by atoms with Gasteiger partial charge in [-0.2, -0.15) is 45.5 Å². The van der Waals surface area contributed by atoms with Crippen molar-refractivity contribution >= 4 is 70.9 Å². The van der Waals surface area contributed by atoms with Crippen LogP contribution in [0, 0.1) is 13.8 Å². The van der Waals surface area contributed by atoms with Gasteiger partial charge in [0.25, 0.3) is 0 Å². The van der Waals surface area contributed by atoms with E-state index in [1.165, 1.54) is 30.3 Å². The molecule has 434 valence electrons. The molecule has 0 saturated heterocycles. The number of hydrogen-bond acceptors (Lipinski definition) is 12. The molecular weight excluding hydrogens is 1150 g/mol. The molecule has 3 aliphatic carbocycles. The third-order valence-corrected chi connectivity index (χ3v) is 14.4. The second-order valence-corrected chi connectivity index (χ2v) is 20.6. The van der Waals surface area contributed by atoms with Crippen LogP contribution in [-0.4, -0.2) is 32.6 Å². The second kappa shape index (κ2) is 25.9. The Balaban J connectivity index is 0.00000148. The quantitative estimate of drug-likeness (QED) is 0.0948. The maximum absolute atomic E-state index is 14.1. The van der Waals surface area contributed by atoms with E-state index in [1.54, 1.807) is 42.5 Å². The summed E-state index contributed by atoms with van der Waals surface area (Å²) in [6, 6.07) is 31.3. The summed E-state index contributed by atoms with van der Waals surface area (Å²) in [6.07, 6.45) is -1.37. The van der Waals surface area contributed by atoms with Crippen LogP contribution in [0.2, 0.25) is 20.1 Å². The zero-order chi connectivity index (χ0) is 72.2. The summed E-state index contributed by atoms with van der Waals surface area (Å²) < 4.78 is 177. The van der Waals surface area contributed by atoms with E-state index < -0.39 is 23.7 Å². The predicted octanol–water partition coefficient (Wildman–Crippen LogP) is 18.9. The van der Waals surface area contributed by atoms with Crippen molar-refractivity contribution in [1.29, 1.82) is 0 Å². The molecule has 3 aliphatic rings. The molecule has 3 fully saturated rings. The zero-order valence-corrected chi connectivity index (χ0v) is 45.7. The Bertz CT molecular complexity index is 3670. The monoisotopic (exact) mass is 1220 g/mol. The fraction of sp³-hybridized carbons (Fsp3) is 0.254. The number of aromatic nitrogens is 4. The standard InChI is InChI=1S/C29H23Cl2F3N2O2.C28H21Cl2F3N2O2.2CO2.8H2/c1-15-4-2-5-17(12-15)19-13-20(19)18-10-11-24(35-28(18)29(32,33)34)37-14-21-26(36-38-27(21)16-8-9-16)25-22(30)6-3-7-23(25)31;1-16-4-2-5-17(14-16)8-9-19-12-13-23(34-27(19)28(31,32)33)36-15-20-25(35-37-26(20)18-10-11-18)24-21(29)6-3-7-22(24)30;2*2-1-3;;;;;;;;/h2-7,10-12,16,19-20H,8-9,13-14H2,1H3;2-9,12-14,18H,10-11,15H2,1H3;;;8*1H/b;9-8+;;;;;;;;;;/i;;;;7*1+1D;1+1. The highest BCUT2D eigenvalue weighted by Crippen LogP contribution is 2.57. The van der Waals surface area contributed by atoms with Crippen molar-refractivity contribution in [2.45, 2.75) is 95.2 Å². The van der Waals surface area contributed by atoms with Gasteiger partial charge in [-0.25, -0.2) is 9.97 Å². The van der Waals surface area contributed by atoms with Crippen molar-refractivity contribution in [3.63, 3.8) is 0 Å². The van der Waals surface area contributed by atoms with Crippen molar-refractivity contribution < 1.29 is 86.3 Å². The largest absolute Gasteiger partial charge is 0.473 e. The van der Waals surface area contributed by atoms with Gasteiger partial charge in [-0.3, -0.25) is 0 Å². The first kappa shape index (κ1) is 50.4. The Labute approximate surface area is 502 Å². The van der Waals surface area contributed by atoms with Crippen LogP contribution in [0.1, 0.15) is 145 Å². The van der Waals surface area contributed by atoms with E-state index in [4.69, 9.17) is 105 Å². The molecule has 4 aromatic carbocycles. The minimum atomic E-state index is -4.67. The van der Waals surface area contributed by atoms with Gasteiger partial charge in [0.1, 0.15) is 36.1 Å². The summed E-state index contributed by atoms with van der Waals surface area (Å²) >= 11 is 25.6. The molecule has 12 nitrogen and oxygen atoms in total. The molecule has 11 rings (SSSR count). The molecule has 0 spiro atoms. The SMILES string of the molecule is Cc1cccc(/C=C/c2ccc(OCc3c(-c4c(Cl)cccc4Cl)noc3C3CC3)nc2C(F)(F)F)c1.Cc1cccc(C2CC2c2ccc(OCc3c(-c4c(Cl)cccc4Cl)noc3C3CC3)nc2C(F)(F)F)c1.O=C=O.O=C=O.[2HH].[2H][2H].[2H][2H].[2H][2H].[2H][2H].[2H][2H].[2H][2H].[2H][2H]. The van der Waals surface area contributed by atoms with Crippen LogP contribution in [0.25, 0.3) is 34.7 Å². The highest BCUT2D eigenvalue weighted by atomic mass is 35.5. The number of rotatable bonds is 14. The predicted molar refractivity (Wildman–Crippen MR) is 303 cm³/mol. The minimum absolute atomic E-state index is 0. The molecule has 81 heavy (non-hydrogen) atoms. The summed E-state index contributed by atoms with van der Waals surface area (Å²) in [5.41, 5.74) is 5.17. The van der Waals surface area contributed by atoms with E-state index in [0.717, 1.165) is 47.9 Å². The van der Waals surface area contributed by atoms with Crippen LogP contribution in [0.3, 0.4) is 0 Å². The number of benzene rings is 4. The number of pyridine rings is 2. The second-order valence-electron chi connectivity index (χ2n) is 19.0. The Morgan fingerprint density at radius 3 is 1.49 bits per heavy atom. The molecule has 0 amide bonds. The summed E-state index contributed by atoms with van der Waals surface area (Å²) in [7, 11) is 0. The smallest absolute Gasteiger partial charge is 0.434 e. The molecule has 2 unspecified atom stereocenters. The van der Waals surface area contributed by atoms with Crippen molar-refractivity contribution in [3.05, 3.63) is 197 Å². The normalized spacial score (nSPS) is 16.1. The number of hydrogen-bond donors (Lipinski definition) is 0. The molecule has 8 aromatic rings. The van der Waals surface area contributed by atoms with Gasteiger partial charge in [0.2, 0.25) is 11.8 Å². The topological polar surface area (TPSA) is 165 Å². The van der Waals surface area contributed by atoms with E-state index in [0.29, 0.717) is 71.7 Å². The molecular formula is C59H60Cl4F6N4O8. The number of alkyl halides is 6. The van der Waals surface area contributed by atoms with E-state index in [2.05, 4.69) is 20.3 Å². The van der Waals surface area contributed by atoms with E-state index in [-0.39, 0.29) is 73.5 Å². The highest BCUT2D eigenvalue weighted by Gasteiger charge is 2.46. The summed E-state index contributed by atoms with van der Waals surface area (Å²) in [5, 5.41) is 9.93. The first-order valence-electron chi connectivity index (χ1n) is 31.8. The zero-order valence-electron chi connectivity index (χ0n) is 56.6. The average Bonchev–Trinajstić information content (AvgIpc) is 1.62. The fourth-order valence-corrected chi connectivity index (χ4v) is 10.3. The molecule has 2 atom stereocenters. The Kier molecular flexibility index (Phi) is 16.1. The minimum Gasteiger partial charge on any atom is -0.473 e. The third-order valence-electron chi connectivity index (χ3n) is 13.2. The lowest BCUT2D eigenvalue weighted by molar-refractivity contribution is -0.193. The molecule has 22 heteroatoms. The first-order valence-corrected chi connectivity index (χ1v) is 26.3. The van der Waals surface area contributed by atoms with Gasteiger partial charge in [-0.05, 0) is 105 Å². The average molecular weight is 1220 g/mol. The third kappa shape index (κ3) is 14.9. The van der Waals surface area contributed by atoms with Gasteiger partial charge in [0, 0.05) is 62.9 Å². The molecule has 0 bridgehead atoms. The van der Waals surface area contributed by atoms with Crippen LogP contribution in [0.4, 0.5) is 26.3 Å². The molecule has 4 heterocycles. The van der Waals surface area contributed by atoms with Gasteiger partial charge in [-0.15, -0.1) is 0 Å². The van der Waals surface area contributed by atoms with Crippen LogP contribution < -0.4 is 9.47 Å². The lowest BCUT2D eigenvalue weighted by atomic mass is 10.0. The van der Waals surface area contributed by atoms with Crippen molar-refractivity contribution in [2.24, 2.45) is 0 Å². The Hall–Kier alpha value is -7.56. The van der Waals surface area contributed by atoms with Gasteiger partial charge >= 0.3 is 24.7 Å². The van der Waals surface area contributed by atoms with Crippen LogP contribution in [0.5, 0.6) is 11.8 Å². The molecule has 4 aromatic heterocycles. The van der Waals surface area contributed by atoms with E-state index in [9.17, 15) is 26.3 Å². The lowest BCUT2D eigenvalue weighted by Crippen LogP contribution is -2.13. The van der Waals surface area contributed by atoms with Crippen molar-refractivity contribution in [3.8, 4) is 34.3 Å². The van der Waals surface area contributed by atoms with Gasteiger partial charge in [-0.1, -0.05) is 147 Å². The van der Waals surface area contributed by atoms with Crippen molar-refractivity contribution in [2.75, 3.05) is 0 Å². The van der Waals surface area contributed by atoms with Crippen molar-refractivity contribution in [1.82, 2.24) is 20.3 Å². The lowest BCUT2D eigenvalue weighted by Gasteiger charge is -2.15. The van der Waals surface area contributed by atoms with Gasteiger partial charge < -0.3 is 18.5 Å². The van der Waals surface area contributed by atoms with E-state index in [1.807, 2.05) is 62.4 Å². The number of aryl methyl sites for hydroxylation is 2. The maximum atomic E-state index is 14.1. The molecule has 3 saturated carbocycles. The molecule has 0 radical (unpaired) electrons. The van der Waals surface area contributed by atoms with Crippen LogP contribution >= 0.6 is 46.4 Å². The maximum Gasteiger partial charge on any atom is 0.434 e. The van der Waals surface area contributed by atoms with Crippen LogP contribution in [0.15, 0.2) is 118 Å².